The molecule has 4 N–H and O–H groups in total. The molecular formula is C5H10N2O3S. The van der Waals surface area contributed by atoms with Crippen molar-refractivity contribution in [3.8, 4) is 0 Å². The summed E-state index contributed by atoms with van der Waals surface area (Å²) in [6.07, 6.45) is 0. The lowest BCUT2D eigenvalue weighted by molar-refractivity contribution is 0.256. The number of hydrogen-bond acceptors (Lipinski definition) is 3. The molecule has 0 spiro atoms. The van der Waals surface area contributed by atoms with E-state index in [4.69, 9.17) is 4.79 Å². The first kappa shape index (κ1) is 12.4. The van der Waals surface area contributed by atoms with Gasteiger partial charge in [0, 0.05) is 10.8 Å². The molecular weight excluding hydrogens is 168 g/mol. The molecule has 0 atom stereocenters. The third-order valence-corrected chi connectivity index (χ3v) is 1.39. The smallest absolute Gasteiger partial charge is 0.309 e. The van der Waals surface area contributed by atoms with E-state index in [-0.39, 0.29) is 0 Å². The molecule has 0 unspecified atom stereocenters. The SMILES string of the molecule is C=CS(=O)(=O)C=C.NC(N)=O. The third-order valence-electron chi connectivity index (χ3n) is 0.465. The summed E-state index contributed by atoms with van der Waals surface area (Å²) in [5, 5.41) is 1.69. The summed E-state index contributed by atoms with van der Waals surface area (Å²) in [7, 11) is -3.13. The molecule has 6 heteroatoms. The number of hydrogen-bond donors (Lipinski definition) is 2. The second-order valence-corrected chi connectivity index (χ2v) is 3.17. The zero-order chi connectivity index (χ0) is 9.49. The third kappa shape index (κ3) is 17.7. The van der Waals surface area contributed by atoms with Crippen LogP contribution < -0.4 is 11.5 Å². The van der Waals surface area contributed by atoms with Gasteiger partial charge in [0.1, 0.15) is 0 Å². The van der Waals surface area contributed by atoms with Crippen molar-refractivity contribution in [1.82, 2.24) is 0 Å². The number of nitrogens with two attached hydrogens (primary N) is 2. The van der Waals surface area contributed by atoms with Crippen LogP contribution >= 0.6 is 0 Å². The van der Waals surface area contributed by atoms with Crippen LogP contribution in [0.1, 0.15) is 0 Å². The predicted octanol–water partition coefficient (Wildman–Crippen LogP) is -0.288. The summed E-state index contributed by atoms with van der Waals surface area (Å²) < 4.78 is 20.3. The normalized spacial score (nSPS) is 8.73. The van der Waals surface area contributed by atoms with Crippen LogP contribution in [0.15, 0.2) is 24.0 Å². The van der Waals surface area contributed by atoms with Crippen LogP contribution in [0.3, 0.4) is 0 Å². The second-order valence-electron chi connectivity index (χ2n) is 1.32. The van der Waals surface area contributed by atoms with Gasteiger partial charge in [0.2, 0.25) is 0 Å². The average molecular weight is 178 g/mol. The van der Waals surface area contributed by atoms with E-state index in [0.717, 1.165) is 10.8 Å². The minimum Gasteiger partial charge on any atom is -0.352 e. The summed E-state index contributed by atoms with van der Waals surface area (Å²) in [6, 6.07) is -0.833. The Labute approximate surface area is 65.3 Å². The monoisotopic (exact) mass is 178 g/mol. The number of sulfone groups is 1. The van der Waals surface area contributed by atoms with Crippen LogP contribution in [0.5, 0.6) is 0 Å². The van der Waals surface area contributed by atoms with Crippen LogP contribution in [0.25, 0.3) is 0 Å². The first-order valence-corrected chi connectivity index (χ1v) is 4.01. The summed E-state index contributed by atoms with van der Waals surface area (Å²) in [5.74, 6) is 0. The summed E-state index contributed by atoms with van der Waals surface area (Å²) >= 11 is 0. The first-order chi connectivity index (χ1) is 4.85. The van der Waals surface area contributed by atoms with E-state index in [1.807, 2.05) is 0 Å². The molecule has 0 aliphatic carbocycles. The second kappa shape index (κ2) is 5.48. The molecule has 0 aromatic carbocycles. The maximum Gasteiger partial charge on any atom is 0.309 e. The maximum atomic E-state index is 10.1. The fourth-order valence-electron chi connectivity index (χ4n) is 0.0680. The van der Waals surface area contributed by atoms with Gasteiger partial charge in [0.15, 0.2) is 9.84 Å². The highest BCUT2D eigenvalue weighted by atomic mass is 32.2. The molecule has 0 saturated heterocycles. The van der Waals surface area contributed by atoms with E-state index in [0.29, 0.717) is 0 Å². The Kier molecular flexibility index (Phi) is 6.17. The number of amides is 2. The first-order valence-electron chi connectivity index (χ1n) is 2.40. The lowest BCUT2D eigenvalue weighted by Crippen LogP contribution is -2.18. The van der Waals surface area contributed by atoms with Crippen molar-refractivity contribution in [2.24, 2.45) is 11.5 Å². The topological polar surface area (TPSA) is 103 Å². The van der Waals surface area contributed by atoms with Gasteiger partial charge in [-0.2, -0.15) is 0 Å². The van der Waals surface area contributed by atoms with E-state index in [9.17, 15) is 8.42 Å². The predicted molar refractivity (Wildman–Crippen MR) is 43.1 cm³/mol. The molecule has 0 saturated carbocycles. The van der Waals surface area contributed by atoms with E-state index >= 15 is 0 Å². The summed E-state index contributed by atoms with van der Waals surface area (Å²) in [5.41, 5.74) is 8.50. The Bertz CT molecular complexity index is 224. The fourth-order valence-corrected chi connectivity index (χ4v) is 0.204. The molecule has 2 amide bonds. The lowest BCUT2D eigenvalue weighted by Gasteiger charge is -1.78. The van der Waals surface area contributed by atoms with Crippen LogP contribution in [0.2, 0.25) is 0 Å². The zero-order valence-electron chi connectivity index (χ0n) is 5.86. The molecule has 11 heavy (non-hydrogen) atoms. The van der Waals surface area contributed by atoms with E-state index in [2.05, 4.69) is 24.6 Å². The van der Waals surface area contributed by atoms with Gasteiger partial charge in [-0.1, -0.05) is 13.2 Å². The van der Waals surface area contributed by atoms with Gasteiger partial charge in [-0.25, -0.2) is 13.2 Å². The van der Waals surface area contributed by atoms with Gasteiger partial charge in [-0.3, -0.25) is 0 Å². The highest BCUT2D eigenvalue weighted by Crippen LogP contribution is 1.87. The van der Waals surface area contributed by atoms with Crippen LogP contribution in [0, 0.1) is 0 Å². The molecule has 0 radical (unpaired) electrons. The molecule has 0 aromatic rings. The molecule has 0 rings (SSSR count). The van der Waals surface area contributed by atoms with Gasteiger partial charge >= 0.3 is 6.03 Å². The molecule has 64 valence electrons. The molecule has 0 heterocycles. The Morgan fingerprint density at radius 1 is 1.18 bits per heavy atom. The number of carbonyl (C=O) groups is 1. The van der Waals surface area contributed by atoms with Gasteiger partial charge < -0.3 is 11.5 Å². The maximum absolute atomic E-state index is 10.1. The van der Waals surface area contributed by atoms with E-state index < -0.39 is 15.9 Å². The van der Waals surface area contributed by atoms with Crippen molar-refractivity contribution in [1.29, 1.82) is 0 Å². The van der Waals surface area contributed by atoms with Crippen molar-refractivity contribution in [2.75, 3.05) is 0 Å². The van der Waals surface area contributed by atoms with Crippen LogP contribution in [-0.4, -0.2) is 14.4 Å². The van der Waals surface area contributed by atoms with Gasteiger partial charge in [0.25, 0.3) is 0 Å². The number of urea groups is 1. The van der Waals surface area contributed by atoms with E-state index in [1.165, 1.54) is 0 Å². The minimum absolute atomic E-state index is 0.833. The number of primary amides is 2. The lowest BCUT2D eigenvalue weighted by atomic mass is 11.2. The quantitative estimate of drug-likeness (QED) is 0.607. The molecule has 5 nitrogen and oxygen atoms in total. The Hall–Kier alpha value is -1.30. The van der Waals surface area contributed by atoms with Crippen LogP contribution in [0.4, 0.5) is 4.79 Å². The van der Waals surface area contributed by atoms with Crippen molar-refractivity contribution in [3.63, 3.8) is 0 Å². The summed E-state index contributed by atoms with van der Waals surface area (Å²) in [6.45, 7) is 6.09. The van der Waals surface area contributed by atoms with Crippen LogP contribution in [-0.2, 0) is 9.84 Å². The number of carbonyl (C=O) groups excluding carboxylic acids is 1. The average Bonchev–Trinajstić information content (AvgIpc) is 1.87. The Morgan fingerprint density at radius 3 is 1.36 bits per heavy atom. The number of rotatable bonds is 2. The highest BCUT2D eigenvalue weighted by molar-refractivity contribution is 7.97. The molecule has 0 fully saturated rings. The standard InChI is InChI=1S/C4H6O2S.CH4N2O/c1-3-7(5,6)4-2;2-1(3)4/h3-4H,1-2H2;(H4,2,3,4). The fraction of sp³-hybridized carbons (Fsp3) is 0. The van der Waals surface area contributed by atoms with E-state index in [1.54, 1.807) is 0 Å². The van der Waals surface area contributed by atoms with Gasteiger partial charge in [-0.05, 0) is 0 Å². The Balaban J connectivity index is 0. The van der Waals surface area contributed by atoms with Gasteiger partial charge in [-0.15, -0.1) is 0 Å². The molecule has 0 aliphatic heterocycles. The molecule has 0 bridgehead atoms. The largest absolute Gasteiger partial charge is 0.352 e. The molecule has 0 aliphatic rings. The highest BCUT2D eigenvalue weighted by Gasteiger charge is 1.90. The Morgan fingerprint density at radius 2 is 1.36 bits per heavy atom. The van der Waals surface area contributed by atoms with Crippen molar-refractivity contribution in [2.45, 2.75) is 0 Å². The zero-order valence-corrected chi connectivity index (χ0v) is 6.67. The van der Waals surface area contributed by atoms with Crippen molar-refractivity contribution >= 4 is 15.9 Å². The van der Waals surface area contributed by atoms with Crippen molar-refractivity contribution < 1.29 is 13.2 Å². The van der Waals surface area contributed by atoms with Gasteiger partial charge in [0.05, 0.1) is 0 Å². The minimum atomic E-state index is -3.13. The van der Waals surface area contributed by atoms with Crippen molar-refractivity contribution in [3.05, 3.63) is 24.0 Å². The summed E-state index contributed by atoms with van der Waals surface area (Å²) in [4.78, 5) is 9.00. The molecule has 0 aromatic heterocycles.